The number of halogens is 3. The van der Waals surface area contributed by atoms with E-state index in [4.69, 9.17) is 15.4 Å². The van der Waals surface area contributed by atoms with Crippen molar-refractivity contribution < 1.29 is 27.1 Å². The quantitative estimate of drug-likeness (QED) is 0.461. The number of alkyl halides is 3. The number of nitrogens with one attached hydrogen (secondary N) is 2. The van der Waals surface area contributed by atoms with Crippen LogP contribution in [0.25, 0.3) is 11.3 Å². The van der Waals surface area contributed by atoms with E-state index >= 15 is 0 Å². The Labute approximate surface area is 183 Å². The molecule has 1 atom stereocenters. The number of rotatable bonds is 5. The highest BCUT2D eigenvalue weighted by Crippen LogP contribution is 2.28. The number of hydrogen-bond donors (Lipinski definition) is 3. The van der Waals surface area contributed by atoms with Crippen molar-refractivity contribution in [3.63, 3.8) is 0 Å². The molecular weight excluding hydrogens is 429 g/mol. The molecule has 0 amide bonds. The molecule has 1 saturated heterocycles. The molecule has 4 N–H and O–H groups in total. The van der Waals surface area contributed by atoms with Crippen LogP contribution in [0.5, 0.6) is 5.75 Å². The molecule has 1 aromatic carbocycles. The Hall–Kier alpha value is -3.72. The SMILES string of the molecule is CN/C=C\N.CNC1CCN(C#N)C1.O=Cc1ncc(-c2cccc(OC(F)(F)F)c2)o1. The van der Waals surface area contributed by atoms with E-state index in [-0.39, 0.29) is 17.4 Å². The lowest BCUT2D eigenvalue weighted by molar-refractivity contribution is -0.274. The van der Waals surface area contributed by atoms with Gasteiger partial charge in [-0.3, -0.25) is 4.79 Å². The van der Waals surface area contributed by atoms with Crippen molar-refractivity contribution in [3.8, 4) is 23.3 Å². The minimum absolute atomic E-state index is 0.146. The number of nitriles is 1. The van der Waals surface area contributed by atoms with E-state index < -0.39 is 6.36 Å². The summed E-state index contributed by atoms with van der Waals surface area (Å²) in [6, 6.07) is 5.72. The lowest BCUT2D eigenvalue weighted by Crippen LogP contribution is -2.27. The number of aromatic nitrogens is 1. The van der Waals surface area contributed by atoms with Crippen LogP contribution in [0.15, 0.2) is 47.3 Å². The summed E-state index contributed by atoms with van der Waals surface area (Å²) in [5.41, 5.74) is 5.23. The molecule has 1 fully saturated rings. The van der Waals surface area contributed by atoms with Crippen LogP contribution in [0.1, 0.15) is 17.1 Å². The second kappa shape index (κ2) is 13.6. The number of likely N-dealkylation sites (N-methyl/N-ethyl adjacent to an activating group) is 1. The minimum atomic E-state index is -4.76. The number of oxazole rings is 1. The van der Waals surface area contributed by atoms with Gasteiger partial charge in [-0.15, -0.1) is 13.2 Å². The van der Waals surface area contributed by atoms with Gasteiger partial charge in [-0.25, -0.2) is 4.98 Å². The molecule has 32 heavy (non-hydrogen) atoms. The van der Waals surface area contributed by atoms with Crippen LogP contribution in [-0.4, -0.2) is 55.8 Å². The fourth-order valence-electron chi connectivity index (χ4n) is 2.50. The molecule has 0 spiro atoms. The topological polar surface area (TPSA) is 129 Å². The summed E-state index contributed by atoms with van der Waals surface area (Å²) in [6.45, 7) is 1.80. The molecule has 0 radical (unpaired) electrons. The Balaban J connectivity index is 0.000000303. The Morgan fingerprint density at radius 3 is 2.59 bits per heavy atom. The molecule has 2 aromatic rings. The standard InChI is InChI=1S/C11H6F3NO3.C6H11N3.C3H8N2/c12-11(13,14)18-8-3-1-2-7(4-8)9-5-15-10(6-16)17-9;1-8-6-2-3-9(4-6)5-7;1-5-3-2-4/h1-6H;6,8H,2-4H2,1H3;2-3,5H,4H2,1H3/b;;3-2-. The molecule has 9 nitrogen and oxygen atoms in total. The number of ether oxygens (including phenoxy) is 1. The van der Waals surface area contributed by atoms with Crippen LogP contribution < -0.4 is 21.1 Å². The van der Waals surface area contributed by atoms with Gasteiger partial charge >= 0.3 is 6.36 Å². The summed E-state index contributed by atoms with van der Waals surface area (Å²) in [5, 5.41) is 14.3. The summed E-state index contributed by atoms with van der Waals surface area (Å²) in [6.07, 6.45) is 3.21. The predicted octanol–water partition coefficient (Wildman–Crippen LogP) is 2.45. The first-order valence-electron chi connectivity index (χ1n) is 9.39. The number of nitrogens with zero attached hydrogens (tertiary/aromatic N) is 3. The molecule has 0 saturated carbocycles. The van der Waals surface area contributed by atoms with Crippen molar-refractivity contribution in [2.24, 2.45) is 5.73 Å². The Bertz CT molecular complexity index is 895. The van der Waals surface area contributed by atoms with Crippen LogP contribution in [0.2, 0.25) is 0 Å². The lowest BCUT2D eigenvalue weighted by Gasteiger charge is -2.09. The average molecular weight is 454 g/mol. The van der Waals surface area contributed by atoms with Gasteiger partial charge in [0, 0.05) is 44.1 Å². The predicted molar refractivity (Wildman–Crippen MR) is 111 cm³/mol. The van der Waals surface area contributed by atoms with Gasteiger partial charge in [0.2, 0.25) is 6.29 Å². The largest absolute Gasteiger partial charge is 0.573 e. The molecule has 12 heteroatoms. The summed E-state index contributed by atoms with van der Waals surface area (Å²) >= 11 is 0. The Kier molecular flexibility index (Phi) is 11.1. The first kappa shape index (κ1) is 26.3. The number of hydrogen-bond acceptors (Lipinski definition) is 9. The van der Waals surface area contributed by atoms with Crippen LogP contribution >= 0.6 is 0 Å². The average Bonchev–Trinajstić information content (AvgIpc) is 3.43. The van der Waals surface area contributed by atoms with Crippen molar-refractivity contribution in [2.45, 2.75) is 18.8 Å². The van der Waals surface area contributed by atoms with E-state index in [9.17, 15) is 18.0 Å². The summed E-state index contributed by atoms with van der Waals surface area (Å²) in [5.74, 6) is -0.332. The summed E-state index contributed by atoms with van der Waals surface area (Å²) < 4.78 is 44.8. The molecule has 0 aliphatic carbocycles. The van der Waals surface area contributed by atoms with Gasteiger partial charge in [-0.1, -0.05) is 12.1 Å². The maximum absolute atomic E-state index is 12.0. The third kappa shape index (κ3) is 9.86. The highest BCUT2D eigenvalue weighted by Gasteiger charge is 2.31. The van der Waals surface area contributed by atoms with Crippen LogP contribution in [0.4, 0.5) is 13.2 Å². The Morgan fingerprint density at radius 1 is 1.41 bits per heavy atom. The zero-order chi connectivity index (χ0) is 24.0. The van der Waals surface area contributed by atoms with Crippen molar-refractivity contribution in [1.29, 1.82) is 5.26 Å². The zero-order valence-corrected chi connectivity index (χ0v) is 17.6. The summed E-state index contributed by atoms with van der Waals surface area (Å²) in [7, 11) is 3.73. The van der Waals surface area contributed by atoms with Crippen LogP contribution in [0.3, 0.4) is 0 Å². The molecule has 1 aliphatic rings. The minimum Gasteiger partial charge on any atom is -0.434 e. The second-order valence-corrected chi connectivity index (χ2v) is 6.22. The van der Waals surface area contributed by atoms with Crippen LogP contribution in [-0.2, 0) is 0 Å². The van der Waals surface area contributed by atoms with E-state index in [1.807, 2.05) is 7.05 Å². The third-order valence-corrected chi connectivity index (χ3v) is 3.98. The molecule has 3 rings (SSSR count). The molecular formula is C20H25F3N6O3. The second-order valence-electron chi connectivity index (χ2n) is 6.22. The molecule has 2 heterocycles. The van der Waals surface area contributed by atoms with Gasteiger partial charge in [-0.2, -0.15) is 5.26 Å². The van der Waals surface area contributed by atoms with Gasteiger partial charge in [0.1, 0.15) is 5.75 Å². The van der Waals surface area contributed by atoms with Crippen molar-refractivity contribution in [1.82, 2.24) is 20.5 Å². The van der Waals surface area contributed by atoms with Crippen molar-refractivity contribution in [2.75, 3.05) is 27.2 Å². The number of carbonyl (C=O) groups excluding carboxylic acids is 1. The van der Waals surface area contributed by atoms with E-state index in [1.54, 1.807) is 18.1 Å². The zero-order valence-electron chi connectivity index (χ0n) is 17.6. The molecule has 0 bridgehead atoms. The number of aldehydes is 1. The fraction of sp³-hybridized carbons (Fsp3) is 0.350. The molecule has 1 unspecified atom stereocenters. The number of carbonyl (C=O) groups is 1. The molecule has 1 aliphatic heterocycles. The van der Waals surface area contributed by atoms with Crippen LogP contribution in [0, 0.1) is 11.5 Å². The van der Waals surface area contributed by atoms with E-state index in [1.165, 1.54) is 24.5 Å². The first-order valence-corrected chi connectivity index (χ1v) is 9.39. The molecule has 1 aromatic heterocycles. The maximum atomic E-state index is 12.0. The van der Waals surface area contributed by atoms with Gasteiger partial charge < -0.3 is 30.4 Å². The van der Waals surface area contributed by atoms with Gasteiger partial charge in [0.15, 0.2) is 12.0 Å². The van der Waals surface area contributed by atoms with E-state index in [0.717, 1.165) is 31.6 Å². The van der Waals surface area contributed by atoms with Crippen molar-refractivity contribution >= 4 is 6.29 Å². The highest BCUT2D eigenvalue weighted by molar-refractivity contribution is 5.69. The molecule has 174 valence electrons. The Morgan fingerprint density at radius 2 is 2.16 bits per heavy atom. The number of benzene rings is 1. The van der Waals surface area contributed by atoms with Gasteiger partial charge in [-0.05, 0) is 25.6 Å². The smallest absolute Gasteiger partial charge is 0.434 e. The van der Waals surface area contributed by atoms with Gasteiger partial charge in [0.25, 0.3) is 5.89 Å². The monoisotopic (exact) mass is 454 g/mol. The third-order valence-electron chi connectivity index (χ3n) is 3.98. The summed E-state index contributed by atoms with van der Waals surface area (Å²) in [4.78, 5) is 15.8. The maximum Gasteiger partial charge on any atom is 0.573 e. The van der Waals surface area contributed by atoms with E-state index in [2.05, 4.69) is 26.5 Å². The highest BCUT2D eigenvalue weighted by atomic mass is 19.4. The fourth-order valence-corrected chi connectivity index (χ4v) is 2.50. The number of likely N-dealkylation sites (tertiary alicyclic amines) is 1. The first-order chi connectivity index (χ1) is 15.3. The lowest BCUT2D eigenvalue weighted by atomic mass is 10.2. The normalized spacial score (nSPS) is 15.1. The van der Waals surface area contributed by atoms with Crippen molar-refractivity contribution in [3.05, 3.63) is 48.8 Å². The van der Waals surface area contributed by atoms with E-state index in [0.29, 0.717) is 17.9 Å². The number of nitrogens with two attached hydrogens (primary N) is 1. The van der Waals surface area contributed by atoms with Gasteiger partial charge in [0.05, 0.1) is 6.20 Å².